The van der Waals surface area contributed by atoms with Crippen molar-refractivity contribution in [2.45, 2.75) is 96.8 Å². The van der Waals surface area contributed by atoms with E-state index in [4.69, 9.17) is 9.84 Å². The molecule has 0 amide bonds. The largest absolute Gasteiger partial charge is 0.480 e. The van der Waals surface area contributed by atoms with E-state index in [-0.39, 0.29) is 6.61 Å². The molecule has 0 saturated heterocycles. The molecule has 0 radical (unpaired) electrons. The maximum absolute atomic E-state index is 10.4. The number of carbonyl (C=O) groups is 1. The highest BCUT2D eigenvalue weighted by Gasteiger charge is 2.14. The second-order valence-corrected chi connectivity index (χ2v) is 8.77. The third-order valence-electron chi connectivity index (χ3n) is 5.34. The Hall–Kier alpha value is -0.870. The van der Waals surface area contributed by atoms with E-state index in [1.54, 1.807) is 0 Å². The number of unbranched alkanes of at least 4 members (excludes halogenated alkanes) is 12. The lowest BCUT2D eigenvalue weighted by atomic mass is 10.1. The Morgan fingerprint density at radius 2 is 1.29 bits per heavy atom. The van der Waals surface area contributed by atoms with Crippen molar-refractivity contribution >= 4 is 5.97 Å². The molecule has 0 heterocycles. The van der Waals surface area contributed by atoms with Gasteiger partial charge in [0.2, 0.25) is 0 Å². The quantitative estimate of drug-likeness (QED) is 0.142. The summed E-state index contributed by atoms with van der Waals surface area (Å²) in [5.41, 5.74) is 0. The van der Waals surface area contributed by atoms with E-state index in [1.165, 1.54) is 89.9 Å². The third kappa shape index (κ3) is 21.4. The summed E-state index contributed by atoms with van der Waals surface area (Å²) < 4.78 is 6.05. The van der Waals surface area contributed by atoms with Crippen LogP contribution in [0.1, 0.15) is 96.8 Å². The van der Waals surface area contributed by atoms with Crippen molar-refractivity contribution in [2.75, 3.05) is 40.4 Å². The lowest BCUT2D eigenvalue weighted by Crippen LogP contribution is -2.43. The molecular formula is C24H48NO3+. The van der Waals surface area contributed by atoms with Gasteiger partial charge in [0, 0.05) is 0 Å². The van der Waals surface area contributed by atoms with Crippen molar-refractivity contribution in [3.63, 3.8) is 0 Å². The van der Waals surface area contributed by atoms with Crippen molar-refractivity contribution in [3.05, 3.63) is 12.2 Å². The predicted octanol–water partition coefficient (Wildman–Crippen LogP) is 6.20. The van der Waals surface area contributed by atoms with E-state index in [2.05, 4.69) is 33.2 Å². The first-order valence-corrected chi connectivity index (χ1v) is 11.7. The standard InChI is InChI=1S/C24H47NO3/c1-4-5-6-7-8-9-10-11-12-13-14-15-16-17-18-19-20-25(2,3)21-22-28-23-24(26)27/h11-12H,4-10,13-23H2,1-3H3/p+1/b12-11+. The first-order chi connectivity index (χ1) is 13.5. The fourth-order valence-electron chi connectivity index (χ4n) is 3.37. The van der Waals surface area contributed by atoms with E-state index in [9.17, 15) is 4.79 Å². The Morgan fingerprint density at radius 3 is 1.82 bits per heavy atom. The molecule has 0 rings (SSSR count). The number of carboxylic acids is 1. The maximum atomic E-state index is 10.4. The fourth-order valence-corrected chi connectivity index (χ4v) is 3.37. The Bertz CT molecular complexity index is 380. The number of likely N-dealkylation sites (N-methyl/N-ethyl adjacent to an activating group) is 1. The van der Waals surface area contributed by atoms with Gasteiger partial charge in [-0.15, -0.1) is 0 Å². The second kappa shape index (κ2) is 19.4. The number of nitrogens with zero attached hydrogens (tertiary/aromatic N) is 1. The van der Waals surface area contributed by atoms with Gasteiger partial charge in [0.25, 0.3) is 0 Å². The van der Waals surface area contributed by atoms with Crippen LogP contribution in [-0.2, 0) is 9.53 Å². The van der Waals surface area contributed by atoms with Gasteiger partial charge in [-0.05, 0) is 38.5 Å². The van der Waals surface area contributed by atoms with Gasteiger partial charge in [-0.3, -0.25) is 0 Å². The monoisotopic (exact) mass is 398 g/mol. The number of carboxylic acid groups (broad SMARTS) is 1. The molecule has 4 heteroatoms. The Kier molecular flexibility index (Phi) is 18.8. The molecule has 0 fully saturated rings. The van der Waals surface area contributed by atoms with E-state index in [0.29, 0.717) is 6.61 Å². The molecule has 0 spiro atoms. The van der Waals surface area contributed by atoms with Gasteiger partial charge >= 0.3 is 5.97 Å². The normalized spacial score (nSPS) is 12.1. The lowest BCUT2D eigenvalue weighted by molar-refractivity contribution is -0.890. The molecule has 4 nitrogen and oxygen atoms in total. The second-order valence-electron chi connectivity index (χ2n) is 8.77. The lowest BCUT2D eigenvalue weighted by Gasteiger charge is -2.29. The van der Waals surface area contributed by atoms with Crippen LogP contribution >= 0.6 is 0 Å². The molecule has 0 unspecified atom stereocenters. The van der Waals surface area contributed by atoms with Gasteiger partial charge in [0.1, 0.15) is 13.2 Å². The van der Waals surface area contributed by atoms with Crippen molar-refractivity contribution in [1.29, 1.82) is 0 Å². The molecule has 0 aromatic rings. The summed E-state index contributed by atoms with van der Waals surface area (Å²) in [5.74, 6) is -0.890. The highest BCUT2D eigenvalue weighted by atomic mass is 16.5. The van der Waals surface area contributed by atoms with Crippen LogP contribution in [0, 0.1) is 0 Å². The van der Waals surface area contributed by atoms with Crippen LogP contribution in [0.2, 0.25) is 0 Å². The highest BCUT2D eigenvalue weighted by Crippen LogP contribution is 2.11. The molecule has 0 aliphatic carbocycles. The zero-order chi connectivity index (χ0) is 20.9. The van der Waals surface area contributed by atoms with E-state index in [0.717, 1.165) is 17.6 Å². The summed E-state index contributed by atoms with van der Waals surface area (Å²) in [6.45, 7) is 4.62. The summed E-state index contributed by atoms with van der Waals surface area (Å²) >= 11 is 0. The minimum Gasteiger partial charge on any atom is -0.480 e. The smallest absolute Gasteiger partial charge is 0.329 e. The Balaban J connectivity index is 3.33. The molecule has 1 N–H and O–H groups in total. The zero-order valence-electron chi connectivity index (χ0n) is 19.1. The molecule has 0 aromatic heterocycles. The van der Waals surface area contributed by atoms with Crippen LogP contribution in [0.3, 0.4) is 0 Å². The fraction of sp³-hybridized carbons (Fsp3) is 0.875. The molecule has 0 aliphatic heterocycles. The van der Waals surface area contributed by atoms with Crippen LogP contribution in [0.5, 0.6) is 0 Å². The molecule has 166 valence electrons. The first-order valence-electron chi connectivity index (χ1n) is 11.7. The molecule has 0 aliphatic rings. The summed E-state index contributed by atoms with van der Waals surface area (Å²) in [5, 5.41) is 8.57. The van der Waals surface area contributed by atoms with Crippen LogP contribution in [0.25, 0.3) is 0 Å². The topological polar surface area (TPSA) is 46.5 Å². The van der Waals surface area contributed by atoms with E-state index < -0.39 is 5.97 Å². The summed E-state index contributed by atoms with van der Waals surface area (Å²) in [6, 6.07) is 0. The molecule has 0 bridgehead atoms. The Morgan fingerprint density at radius 1 is 0.786 bits per heavy atom. The van der Waals surface area contributed by atoms with Crippen molar-refractivity contribution in [2.24, 2.45) is 0 Å². The van der Waals surface area contributed by atoms with Gasteiger partial charge in [-0.25, -0.2) is 4.79 Å². The summed E-state index contributed by atoms with van der Waals surface area (Å²) in [4.78, 5) is 10.4. The summed E-state index contributed by atoms with van der Waals surface area (Å²) in [7, 11) is 4.39. The van der Waals surface area contributed by atoms with E-state index in [1.807, 2.05) is 0 Å². The van der Waals surface area contributed by atoms with Crippen molar-refractivity contribution in [3.8, 4) is 0 Å². The molecule has 0 aromatic carbocycles. The van der Waals surface area contributed by atoms with Crippen LogP contribution in [0.4, 0.5) is 0 Å². The molecule has 0 saturated carbocycles. The molecular weight excluding hydrogens is 350 g/mol. The molecule has 0 atom stereocenters. The number of ether oxygens (including phenoxy) is 1. The summed E-state index contributed by atoms with van der Waals surface area (Å²) in [6.07, 6.45) is 23.5. The van der Waals surface area contributed by atoms with E-state index >= 15 is 0 Å². The first kappa shape index (κ1) is 27.1. The highest BCUT2D eigenvalue weighted by molar-refractivity contribution is 5.67. The van der Waals surface area contributed by atoms with Gasteiger partial charge in [0.05, 0.1) is 27.2 Å². The van der Waals surface area contributed by atoms with Gasteiger partial charge in [-0.2, -0.15) is 0 Å². The van der Waals surface area contributed by atoms with Crippen LogP contribution in [0.15, 0.2) is 12.2 Å². The molecule has 28 heavy (non-hydrogen) atoms. The predicted molar refractivity (Wildman–Crippen MR) is 120 cm³/mol. The SMILES string of the molecule is CCCCCCCC/C=C/CCCCCCCC[N+](C)(C)CCOCC(=O)O. The van der Waals surface area contributed by atoms with Gasteiger partial charge in [0.15, 0.2) is 0 Å². The number of allylic oxidation sites excluding steroid dienone is 2. The zero-order valence-corrected chi connectivity index (χ0v) is 19.1. The van der Waals surface area contributed by atoms with Crippen molar-refractivity contribution in [1.82, 2.24) is 0 Å². The average molecular weight is 399 g/mol. The number of aliphatic carboxylic acids is 1. The Labute approximate surface area is 174 Å². The van der Waals surface area contributed by atoms with Crippen molar-refractivity contribution < 1.29 is 19.1 Å². The maximum Gasteiger partial charge on any atom is 0.329 e. The number of hydrogen-bond acceptors (Lipinski definition) is 2. The third-order valence-corrected chi connectivity index (χ3v) is 5.34. The minimum absolute atomic E-state index is 0.186. The number of rotatable bonds is 21. The van der Waals surface area contributed by atoms with Gasteiger partial charge < -0.3 is 14.3 Å². The number of quaternary nitrogens is 1. The van der Waals surface area contributed by atoms with Crippen LogP contribution in [-0.4, -0.2) is 56.0 Å². The van der Waals surface area contributed by atoms with Gasteiger partial charge in [-0.1, -0.05) is 70.4 Å². The number of hydrogen-bond donors (Lipinski definition) is 1. The average Bonchev–Trinajstić information content (AvgIpc) is 2.65. The van der Waals surface area contributed by atoms with Crippen LogP contribution < -0.4 is 0 Å². The minimum atomic E-state index is -0.890.